The topological polar surface area (TPSA) is 94.2 Å². The molecule has 2 aromatic rings. The number of rotatable bonds is 6. The zero-order valence-electron chi connectivity index (χ0n) is 16.0. The molecule has 1 amide bonds. The maximum absolute atomic E-state index is 13.9. The van der Waals surface area contributed by atoms with Gasteiger partial charge in [-0.25, -0.2) is 12.8 Å². The molecular formula is C19H21FN2O6S. The van der Waals surface area contributed by atoms with Crippen LogP contribution in [0.25, 0.3) is 0 Å². The molecule has 1 aliphatic rings. The van der Waals surface area contributed by atoms with Crippen molar-refractivity contribution in [3.63, 3.8) is 0 Å². The zero-order chi connectivity index (χ0) is 21.0. The van der Waals surface area contributed by atoms with Gasteiger partial charge in [0, 0.05) is 18.7 Å². The molecule has 0 atom stereocenters. The number of hydrogen-bond acceptors (Lipinski definition) is 6. The van der Waals surface area contributed by atoms with Gasteiger partial charge in [-0.3, -0.25) is 4.79 Å². The molecule has 1 aliphatic heterocycles. The molecule has 0 bridgehead atoms. The van der Waals surface area contributed by atoms with Gasteiger partial charge in [-0.05, 0) is 36.4 Å². The standard InChI is InChI=1S/C19H21FN2O6S/c1-26-17-5-3-13(11-15(17)20)19(23)21-16-12-14(4-6-18(16)27-2)29(24,25)22-7-9-28-10-8-22/h3-6,11-12H,7-10H2,1-2H3,(H,21,23). The smallest absolute Gasteiger partial charge is 0.255 e. The SMILES string of the molecule is COc1ccc(C(=O)Nc2cc(S(=O)(=O)N3CCOCC3)ccc2OC)cc1F. The molecule has 10 heteroatoms. The minimum absolute atomic E-state index is 0.0106. The van der Waals surface area contributed by atoms with Gasteiger partial charge in [0.1, 0.15) is 5.75 Å². The van der Waals surface area contributed by atoms with Gasteiger partial charge >= 0.3 is 0 Å². The normalized spacial score (nSPS) is 15.0. The lowest BCUT2D eigenvalue weighted by Crippen LogP contribution is -2.40. The monoisotopic (exact) mass is 424 g/mol. The van der Waals surface area contributed by atoms with Gasteiger partial charge in [-0.15, -0.1) is 0 Å². The number of halogens is 1. The van der Waals surface area contributed by atoms with Crippen LogP contribution >= 0.6 is 0 Å². The Kier molecular flexibility index (Phi) is 6.36. The molecule has 0 radical (unpaired) electrons. The first-order chi connectivity index (χ1) is 13.9. The summed E-state index contributed by atoms with van der Waals surface area (Å²) < 4.78 is 56.2. The van der Waals surface area contributed by atoms with Crippen molar-refractivity contribution in [2.24, 2.45) is 0 Å². The molecule has 0 saturated carbocycles. The first kappa shape index (κ1) is 21.0. The average Bonchev–Trinajstić information content (AvgIpc) is 2.74. The number of anilines is 1. The molecule has 8 nitrogen and oxygen atoms in total. The van der Waals surface area contributed by atoms with Crippen molar-refractivity contribution in [3.8, 4) is 11.5 Å². The Labute approximate surface area is 168 Å². The second-order valence-corrected chi connectivity index (χ2v) is 8.12. The van der Waals surface area contributed by atoms with Crippen LogP contribution in [0.3, 0.4) is 0 Å². The Morgan fingerprint density at radius 1 is 1.07 bits per heavy atom. The van der Waals surface area contributed by atoms with E-state index in [0.29, 0.717) is 13.2 Å². The van der Waals surface area contributed by atoms with Crippen molar-refractivity contribution in [2.75, 3.05) is 45.8 Å². The fraction of sp³-hybridized carbons (Fsp3) is 0.316. The van der Waals surface area contributed by atoms with Crippen molar-refractivity contribution >= 4 is 21.6 Å². The Bertz CT molecular complexity index is 1010. The number of amides is 1. The third kappa shape index (κ3) is 4.50. The Hall–Kier alpha value is -2.69. The van der Waals surface area contributed by atoms with Gasteiger partial charge in [0.15, 0.2) is 11.6 Å². The lowest BCUT2D eigenvalue weighted by molar-refractivity contribution is 0.0730. The van der Waals surface area contributed by atoms with Crippen molar-refractivity contribution in [1.29, 1.82) is 0 Å². The molecule has 156 valence electrons. The molecule has 0 aromatic heterocycles. The van der Waals surface area contributed by atoms with E-state index < -0.39 is 21.7 Å². The van der Waals surface area contributed by atoms with E-state index in [9.17, 15) is 17.6 Å². The molecule has 1 N–H and O–H groups in total. The number of hydrogen-bond donors (Lipinski definition) is 1. The van der Waals surface area contributed by atoms with Crippen molar-refractivity contribution in [3.05, 3.63) is 47.8 Å². The van der Waals surface area contributed by atoms with Gasteiger partial charge in [0.05, 0.1) is 38.0 Å². The van der Waals surface area contributed by atoms with Crippen LogP contribution in [0, 0.1) is 5.82 Å². The van der Waals surface area contributed by atoms with Gasteiger partial charge in [-0.1, -0.05) is 0 Å². The quantitative estimate of drug-likeness (QED) is 0.764. The van der Waals surface area contributed by atoms with E-state index in [1.807, 2.05) is 0 Å². The number of carbonyl (C=O) groups is 1. The number of sulfonamides is 1. The second kappa shape index (κ2) is 8.76. The van der Waals surface area contributed by atoms with Crippen LogP contribution in [0.4, 0.5) is 10.1 Å². The number of methoxy groups -OCH3 is 2. The number of carbonyl (C=O) groups excluding carboxylic acids is 1. The van der Waals surface area contributed by atoms with Crippen LogP contribution in [0.5, 0.6) is 11.5 Å². The molecule has 0 unspecified atom stereocenters. The molecule has 0 spiro atoms. The maximum Gasteiger partial charge on any atom is 0.255 e. The molecule has 29 heavy (non-hydrogen) atoms. The molecule has 3 rings (SSSR count). The van der Waals surface area contributed by atoms with E-state index in [1.165, 1.54) is 48.9 Å². The molecule has 0 aliphatic carbocycles. The third-order valence-electron chi connectivity index (χ3n) is 4.44. The Morgan fingerprint density at radius 3 is 2.34 bits per heavy atom. The van der Waals surface area contributed by atoms with Gasteiger partial charge in [0.25, 0.3) is 5.91 Å². The lowest BCUT2D eigenvalue weighted by atomic mass is 10.2. The van der Waals surface area contributed by atoms with Crippen LogP contribution in [0.15, 0.2) is 41.3 Å². The minimum atomic E-state index is -3.76. The fourth-order valence-electron chi connectivity index (χ4n) is 2.88. The highest BCUT2D eigenvalue weighted by molar-refractivity contribution is 7.89. The summed E-state index contributed by atoms with van der Waals surface area (Å²) in [6.45, 7) is 1.15. The van der Waals surface area contributed by atoms with Crippen molar-refractivity contribution in [2.45, 2.75) is 4.90 Å². The summed E-state index contributed by atoms with van der Waals surface area (Å²) in [5, 5.41) is 2.58. The highest BCUT2D eigenvalue weighted by Gasteiger charge is 2.27. The Morgan fingerprint density at radius 2 is 1.72 bits per heavy atom. The summed E-state index contributed by atoms with van der Waals surface area (Å²) in [7, 11) is -1.04. The van der Waals surface area contributed by atoms with Crippen LogP contribution in [0.2, 0.25) is 0 Å². The van der Waals surface area contributed by atoms with E-state index in [-0.39, 0.29) is 40.7 Å². The first-order valence-electron chi connectivity index (χ1n) is 8.77. The number of morpholine rings is 1. The lowest BCUT2D eigenvalue weighted by Gasteiger charge is -2.26. The molecule has 2 aromatic carbocycles. The predicted octanol–water partition coefficient (Wildman–Crippen LogP) is 2.12. The van der Waals surface area contributed by atoms with Crippen molar-refractivity contribution < 1.29 is 31.8 Å². The minimum Gasteiger partial charge on any atom is -0.495 e. The second-order valence-electron chi connectivity index (χ2n) is 6.18. The molecular weight excluding hydrogens is 403 g/mol. The summed E-state index contributed by atoms with van der Waals surface area (Å²) in [6.07, 6.45) is 0. The molecule has 1 fully saturated rings. The first-order valence-corrected chi connectivity index (χ1v) is 10.2. The Balaban J connectivity index is 1.89. The van der Waals surface area contributed by atoms with Gasteiger partial charge in [0.2, 0.25) is 10.0 Å². The fourth-order valence-corrected chi connectivity index (χ4v) is 4.32. The van der Waals surface area contributed by atoms with E-state index in [4.69, 9.17) is 14.2 Å². The number of nitrogens with zero attached hydrogens (tertiary/aromatic N) is 1. The van der Waals surface area contributed by atoms with E-state index in [2.05, 4.69) is 5.32 Å². The van der Waals surface area contributed by atoms with Crippen molar-refractivity contribution in [1.82, 2.24) is 4.31 Å². The van der Waals surface area contributed by atoms with Gasteiger partial charge < -0.3 is 19.5 Å². The van der Waals surface area contributed by atoms with E-state index in [0.717, 1.165) is 6.07 Å². The van der Waals surface area contributed by atoms with Crippen LogP contribution in [-0.4, -0.2) is 59.2 Å². The van der Waals surface area contributed by atoms with Crippen LogP contribution in [-0.2, 0) is 14.8 Å². The summed E-state index contributed by atoms with van der Waals surface area (Å²) in [4.78, 5) is 12.6. The zero-order valence-corrected chi connectivity index (χ0v) is 16.8. The maximum atomic E-state index is 13.9. The summed E-state index contributed by atoms with van der Waals surface area (Å²) in [6, 6.07) is 7.96. The largest absolute Gasteiger partial charge is 0.495 e. The highest BCUT2D eigenvalue weighted by Crippen LogP contribution is 2.30. The van der Waals surface area contributed by atoms with E-state index in [1.54, 1.807) is 0 Å². The predicted molar refractivity (Wildman–Crippen MR) is 103 cm³/mol. The van der Waals surface area contributed by atoms with Crippen LogP contribution < -0.4 is 14.8 Å². The summed E-state index contributed by atoms with van der Waals surface area (Å²) in [5.41, 5.74) is 0.204. The number of nitrogens with one attached hydrogen (secondary N) is 1. The number of benzene rings is 2. The average molecular weight is 424 g/mol. The number of ether oxygens (including phenoxy) is 3. The van der Waals surface area contributed by atoms with Gasteiger partial charge in [-0.2, -0.15) is 4.31 Å². The third-order valence-corrected chi connectivity index (χ3v) is 6.34. The molecule has 1 heterocycles. The highest BCUT2D eigenvalue weighted by atomic mass is 32.2. The van der Waals surface area contributed by atoms with Crippen LogP contribution in [0.1, 0.15) is 10.4 Å². The summed E-state index contributed by atoms with van der Waals surface area (Å²) in [5.74, 6) is -1.02. The van der Waals surface area contributed by atoms with E-state index >= 15 is 0 Å². The summed E-state index contributed by atoms with van der Waals surface area (Å²) >= 11 is 0. The molecule has 1 saturated heterocycles.